The summed E-state index contributed by atoms with van der Waals surface area (Å²) in [6.45, 7) is 6.38. The summed E-state index contributed by atoms with van der Waals surface area (Å²) in [5.41, 5.74) is -2.37. The third-order valence-corrected chi connectivity index (χ3v) is 5.63. The van der Waals surface area contributed by atoms with Gasteiger partial charge in [-0.05, 0) is 26.7 Å². The van der Waals surface area contributed by atoms with Gasteiger partial charge < -0.3 is 25.2 Å². The van der Waals surface area contributed by atoms with Crippen molar-refractivity contribution in [2.75, 3.05) is 7.11 Å². The zero-order valence-electron chi connectivity index (χ0n) is 19.0. The van der Waals surface area contributed by atoms with Gasteiger partial charge in [-0.3, -0.25) is 14.4 Å². The molecular weight excluding hydrogens is 416 g/mol. The molecule has 0 aromatic heterocycles. The zero-order valence-corrected chi connectivity index (χ0v) is 19.0. The molecule has 0 saturated heterocycles. The Balaban J connectivity index is 2.72. The molecule has 1 aliphatic rings. The molecular formula is C24H30O8. The van der Waals surface area contributed by atoms with Gasteiger partial charge in [0.2, 0.25) is 0 Å². The van der Waals surface area contributed by atoms with Gasteiger partial charge in [-0.2, -0.15) is 0 Å². The fourth-order valence-corrected chi connectivity index (χ4v) is 3.75. The molecule has 174 valence electrons. The number of aliphatic hydroxyl groups excluding tert-OH is 2. The Bertz CT molecular complexity index is 1030. The Hall–Kier alpha value is -3.29. The van der Waals surface area contributed by atoms with Gasteiger partial charge in [0.15, 0.2) is 17.3 Å². The summed E-state index contributed by atoms with van der Waals surface area (Å²) < 4.78 is 5.13. The van der Waals surface area contributed by atoms with Gasteiger partial charge in [0.25, 0.3) is 0 Å². The molecule has 0 atom stereocenters. The van der Waals surface area contributed by atoms with E-state index in [0.717, 1.165) is 0 Å². The van der Waals surface area contributed by atoms with E-state index in [1.165, 1.54) is 27.0 Å². The molecule has 0 bridgehead atoms. The summed E-state index contributed by atoms with van der Waals surface area (Å²) in [7, 11) is 1.29. The highest BCUT2D eigenvalue weighted by Gasteiger charge is 2.45. The van der Waals surface area contributed by atoms with E-state index in [1.807, 2.05) is 0 Å². The van der Waals surface area contributed by atoms with Crippen LogP contribution in [0.3, 0.4) is 0 Å². The number of hydrogen-bond acceptors (Lipinski definition) is 8. The first kappa shape index (κ1) is 25.0. The highest BCUT2D eigenvalue weighted by Crippen LogP contribution is 2.44. The molecule has 8 nitrogen and oxygen atoms in total. The minimum absolute atomic E-state index is 0.0156. The van der Waals surface area contributed by atoms with Gasteiger partial charge in [0.05, 0.1) is 12.5 Å². The van der Waals surface area contributed by atoms with Gasteiger partial charge in [-0.1, -0.05) is 13.8 Å². The van der Waals surface area contributed by atoms with E-state index in [4.69, 9.17) is 4.74 Å². The number of hydrogen-bond donors (Lipinski definition) is 4. The number of aliphatic hydroxyl groups is 2. The van der Waals surface area contributed by atoms with Crippen molar-refractivity contribution in [1.29, 1.82) is 0 Å². The van der Waals surface area contributed by atoms with Crippen LogP contribution in [0.2, 0.25) is 0 Å². The molecule has 0 aliphatic heterocycles. The van der Waals surface area contributed by atoms with E-state index in [1.54, 1.807) is 13.8 Å². The average Bonchev–Trinajstić information content (AvgIpc) is 2.72. The topological polar surface area (TPSA) is 141 Å². The first-order valence-electron chi connectivity index (χ1n) is 10.5. The van der Waals surface area contributed by atoms with Gasteiger partial charge >= 0.3 is 0 Å². The molecule has 0 heterocycles. The minimum Gasteiger partial charge on any atom is -0.511 e. The van der Waals surface area contributed by atoms with Crippen molar-refractivity contribution in [3.63, 3.8) is 0 Å². The molecule has 1 aromatic rings. The second-order valence-corrected chi connectivity index (χ2v) is 8.33. The van der Waals surface area contributed by atoms with Crippen molar-refractivity contribution in [2.24, 2.45) is 5.41 Å². The number of allylic oxidation sites excluding steroid dienone is 3. The van der Waals surface area contributed by atoms with Crippen LogP contribution in [0.1, 0.15) is 69.3 Å². The van der Waals surface area contributed by atoms with Crippen molar-refractivity contribution >= 4 is 17.3 Å². The molecule has 0 unspecified atom stereocenters. The Morgan fingerprint density at radius 3 is 2.09 bits per heavy atom. The first-order valence-corrected chi connectivity index (χ1v) is 10.5. The van der Waals surface area contributed by atoms with E-state index in [0.29, 0.717) is 12.8 Å². The van der Waals surface area contributed by atoms with Crippen LogP contribution >= 0.6 is 0 Å². The van der Waals surface area contributed by atoms with Gasteiger partial charge in [0.1, 0.15) is 39.9 Å². The van der Waals surface area contributed by atoms with Crippen LogP contribution in [0.25, 0.3) is 0 Å². The number of rotatable bonds is 9. The predicted octanol–water partition coefficient (Wildman–Crippen LogP) is 4.23. The molecule has 1 aromatic carbocycles. The highest BCUT2D eigenvalue weighted by molar-refractivity contribution is 6.24. The average molecular weight is 446 g/mol. The van der Waals surface area contributed by atoms with Crippen LogP contribution in [0.15, 0.2) is 28.7 Å². The monoisotopic (exact) mass is 446 g/mol. The first-order chi connectivity index (χ1) is 14.9. The highest BCUT2D eigenvalue weighted by atomic mass is 16.5. The summed E-state index contributed by atoms with van der Waals surface area (Å²) >= 11 is 0. The fraction of sp³-hybridized carbons (Fsp3) is 0.458. The summed E-state index contributed by atoms with van der Waals surface area (Å²) in [5, 5.41) is 42.9. The molecule has 0 amide bonds. The number of methoxy groups -OCH3 is 1. The zero-order chi connectivity index (χ0) is 24.4. The number of ether oxygens (including phenoxy) is 1. The molecule has 1 aliphatic carbocycles. The molecule has 4 N–H and O–H groups in total. The van der Waals surface area contributed by atoms with Crippen LogP contribution < -0.4 is 4.74 Å². The quantitative estimate of drug-likeness (QED) is 0.326. The number of aromatic hydroxyl groups is 2. The van der Waals surface area contributed by atoms with E-state index in [9.17, 15) is 34.8 Å². The third kappa shape index (κ3) is 4.22. The summed E-state index contributed by atoms with van der Waals surface area (Å²) in [5.74, 6) is -3.85. The Morgan fingerprint density at radius 1 is 1.00 bits per heavy atom. The molecule has 8 heteroatoms. The number of carbonyl (C=O) groups excluding carboxylic acids is 3. The Morgan fingerprint density at radius 2 is 1.56 bits per heavy atom. The van der Waals surface area contributed by atoms with Crippen LogP contribution in [0.4, 0.5) is 0 Å². The van der Waals surface area contributed by atoms with Crippen LogP contribution in [0, 0.1) is 5.41 Å². The van der Waals surface area contributed by atoms with Crippen molar-refractivity contribution in [1.82, 2.24) is 0 Å². The van der Waals surface area contributed by atoms with Crippen molar-refractivity contribution < 1.29 is 39.5 Å². The smallest absolute Gasteiger partial charge is 0.183 e. The lowest BCUT2D eigenvalue weighted by Gasteiger charge is -2.31. The number of phenols is 2. The Labute approximate surface area is 186 Å². The van der Waals surface area contributed by atoms with E-state index < -0.39 is 57.8 Å². The SMILES string of the molecule is CCCC(=O)C1=C(O)C(Cc2c(O)cc(OC)c(C(=O)CCC)c2O)=C(O)C(C)(C)C1=O. The standard InChI is InChI=1S/C24H30O8/c1-6-8-14(25)18-17(32-5)11-16(27)12(20(18)28)10-13-21(29)19(15(26)9-7-2)23(31)24(3,4)22(13)30/h11,27-30H,6-10H2,1-5H3. The lowest BCUT2D eigenvalue weighted by molar-refractivity contribution is -0.127. The largest absolute Gasteiger partial charge is 0.511 e. The molecule has 0 spiro atoms. The molecule has 2 rings (SSSR count). The maximum absolute atomic E-state index is 12.8. The van der Waals surface area contributed by atoms with Gasteiger partial charge in [0, 0.05) is 36.5 Å². The van der Waals surface area contributed by atoms with E-state index in [-0.39, 0.29) is 35.3 Å². The van der Waals surface area contributed by atoms with Gasteiger partial charge in [-0.25, -0.2) is 0 Å². The number of ketones is 3. The van der Waals surface area contributed by atoms with Crippen molar-refractivity contribution in [3.8, 4) is 17.2 Å². The summed E-state index contributed by atoms with van der Waals surface area (Å²) in [6.07, 6.45) is 0.712. The minimum atomic E-state index is -1.50. The van der Waals surface area contributed by atoms with E-state index >= 15 is 0 Å². The number of benzene rings is 1. The van der Waals surface area contributed by atoms with Crippen molar-refractivity contribution in [2.45, 2.75) is 59.8 Å². The normalized spacial score (nSPS) is 15.8. The second-order valence-electron chi connectivity index (χ2n) is 8.33. The van der Waals surface area contributed by atoms with Crippen LogP contribution in [-0.2, 0) is 16.0 Å². The third-order valence-electron chi connectivity index (χ3n) is 5.63. The lowest BCUT2D eigenvalue weighted by atomic mass is 9.73. The number of Topliss-reactive ketones (excluding diaryl/α,β-unsaturated/α-hetero) is 3. The van der Waals surface area contributed by atoms with Crippen LogP contribution in [0.5, 0.6) is 17.2 Å². The fourth-order valence-electron chi connectivity index (χ4n) is 3.75. The maximum atomic E-state index is 12.8. The number of phenolic OH excluding ortho intramolecular Hbond substituents is 2. The molecule has 0 saturated carbocycles. The number of carbonyl (C=O) groups is 3. The van der Waals surface area contributed by atoms with E-state index in [2.05, 4.69) is 0 Å². The lowest BCUT2D eigenvalue weighted by Crippen LogP contribution is -2.36. The molecule has 0 fully saturated rings. The second kappa shape index (κ2) is 9.46. The molecule has 32 heavy (non-hydrogen) atoms. The van der Waals surface area contributed by atoms with Gasteiger partial charge in [-0.15, -0.1) is 0 Å². The molecule has 0 radical (unpaired) electrons. The van der Waals surface area contributed by atoms with Crippen molar-refractivity contribution in [3.05, 3.63) is 39.9 Å². The summed E-state index contributed by atoms with van der Waals surface area (Å²) in [6, 6.07) is 1.17. The maximum Gasteiger partial charge on any atom is 0.183 e. The van der Waals surface area contributed by atoms with Crippen LogP contribution in [-0.4, -0.2) is 44.9 Å². The Kier molecular flexibility index (Phi) is 7.38. The summed E-state index contributed by atoms with van der Waals surface area (Å²) in [4.78, 5) is 37.9. The predicted molar refractivity (Wildman–Crippen MR) is 117 cm³/mol.